The highest BCUT2D eigenvalue weighted by Crippen LogP contribution is 2.18. The lowest BCUT2D eigenvalue weighted by molar-refractivity contribution is 0.0798. The van der Waals surface area contributed by atoms with Crippen LogP contribution in [0.3, 0.4) is 0 Å². The van der Waals surface area contributed by atoms with Crippen molar-refractivity contribution in [1.82, 2.24) is 14.6 Å². The molecular formula is C18H22F2N4O3S. The van der Waals surface area contributed by atoms with Gasteiger partial charge in [-0.25, -0.2) is 22.2 Å². The number of halogens is 2. The van der Waals surface area contributed by atoms with Crippen LogP contribution in [-0.4, -0.2) is 60.6 Å². The second kappa shape index (κ2) is 8.58. The molecule has 3 atom stereocenters. The van der Waals surface area contributed by atoms with Crippen molar-refractivity contribution < 1.29 is 22.3 Å². The maximum atomic E-state index is 13.3. The number of aliphatic hydroxyl groups is 1. The van der Waals surface area contributed by atoms with Crippen LogP contribution in [0, 0.1) is 11.6 Å². The Morgan fingerprint density at radius 3 is 2.64 bits per heavy atom. The van der Waals surface area contributed by atoms with Crippen molar-refractivity contribution in [2.24, 2.45) is 5.73 Å². The molecule has 0 amide bonds. The van der Waals surface area contributed by atoms with E-state index in [2.05, 4.69) is 10.3 Å². The van der Waals surface area contributed by atoms with Gasteiger partial charge in [0.1, 0.15) is 11.6 Å². The number of benzene rings is 1. The molecule has 0 spiro atoms. The summed E-state index contributed by atoms with van der Waals surface area (Å²) in [6.07, 6.45) is 0.323. The lowest BCUT2D eigenvalue weighted by Gasteiger charge is -2.36. The molecule has 7 nitrogen and oxygen atoms in total. The molecule has 0 unspecified atom stereocenters. The average Bonchev–Trinajstić information content (AvgIpc) is 2.67. The second-order valence-corrected chi connectivity index (χ2v) is 8.61. The summed E-state index contributed by atoms with van der Waals surface area (Å²) in [5, 5.41) is 13.6. The fraction of sp³-hybridized carbons (Fsp3) is 0.389. The molecule has 2 heterocycles. The summed E-state index contributed by atoms with van der Waals surface area (Å²) >= 11 is 0. The number of pyridine rings is 1. The minimum atomic E-state index is -3.79. The van der Waals surface area contributed by atoms with Gasteiger partial charge in [-0.2, -0.15) is 4.31 Å². The van der Waals surface area contributed by atoms with E-state index in [4.69, 9.17) is 5.73 Å². The largest absolute Gasteiger partial charge is 0.390 e. The summed E-state index contributed by atoms with van der Waals surface area (Å²) in [6, 6.07) is 6.22. The van der Waals surface area contributed by atoms with Gasteiger partial charge >= 0.3 is 0 Å². The van der Waals surface area contributed by atoms with Crippen LogP contribution in [0.25, 0.3) is 0 Å². The van der Waals surface area contributed by atoms with Crippen LogP contribution < -0.4 is 11.1 Å². The third-order valence-electron chi connectivity index (χ3n) is 4.65. The fourth-order valence-corrected chi connectivity index (χ4v) is 4.65. The quantitative estimate of drug-likeness (QED) is 0.628. The third-order valence-corrected chi connectivity index (χ3v) is 6.44. The predicted octanol–water partition coefficient (Wildman–Crippen LogP) is 0.253. The first-order chi connectivity index (χ1) is 13.3. The molecule has 1 saturated heterocycles. The Labute approximate surface area is 162 Å². The number of aromatic nitrogens is 1. The van der Waals surface area contributed by atoms with Crippen molar-refractivity contribution in [3.05, 3.63) is 59.8 Å². The monoisotopic (exact) mass is 412 g/mol. The number of nitrogens with zero attached hydrogens (tertiary/aromatic N) is 2. The standard InChI is InChI=1S/C18H22F2N4O3S/c19-13-7-12(8-14(20)10-13)9-15(21)18(25)16-11-24(6-5-22-16)28(26,27)17-3-1-2-4-23-17/h1-4,7-8,10,15-16,18,22,25H,5-6,9,11,21H2/t15-,16+,18-/m0/s1. The SMILES string of the molecule is N[C@@H](Cc1cc(F)cc(F)c1)[C@H](O)[C@H]1CN(S(=O)(=O)c2ccccn2)CCN1. The van der Waals surface area contributed by atoms with Crippen LogP contribution in [0.5, 0.6) is 0 Å². The number of hydrogen-bond donors (Lipinski definition) is 3. The zero-order valence-corrected chi connectivity index (χ0v) is 15.8. The van der Waals surface area contributed by atoms with Gasteiger partial charge in [0.2, 0.25) is 0 Å². The molecule has 10 heteroatoms. The molecule has 1 fully saturated rings. The molecule has 4 N–H and O–H groups in total. The number of sulfonamides is 1. The molecule has 0 radical (unpaired) electrons. The first kappa shape index (κ1) is 20.7. The van der Waals surface area contributed by atoms with E-state index in [1.54, 1.807) is 12.1 Å². The fourth-order valence-electron chi connectivity index (χ4n) is 3.25. The number of hydrogen-bond acceptors (Lipinski definition) is 6. The van der Waals surface area contributed by atoms with Crippen LogP contribution in [-0.2, 0) is 16.4 Å². The van der Waals surface area contributed by atoms with E-state index in [-0.39, 0.29) is 24.5 Å². The Balaban J connectivity index is 1.69. The molecule has 2 aromatic rings. The van der Waals surface area contributed by atoms with Gasteiger partial charge in [-0.05, 0) is 36.2 Å². The summed E-state index contributed by atoms with van der Waals surface area (Å²) in [6.45, 7) is 0.562. The lowest BCUT2D eigenvalue weighted by Crippen LogP contribution is -2.60. The zero-order chi connectivity index (χ0) is 20.3. The predicted molar refractivity (Wildman–Crippen MR) is 98.8 cm³/mol. The molecule has 152 valence electrons. The number of piperazine rings is 1. The summed E-state index contributed by atoms with van der Waals surface area (Å²) < 4.78 is 53.4. The highest BCUT2D eigenvalue weighted by molar-refractivity contribution is 7.89. The smallest absolute Gasteiger partial charge is 0.260 e. The third kappa shape index (κ3) is 4.70. The molecular weight excluding hydrogens is 390 g/mol. The number of nitrogens with two attached hydrogens (primary N) is 1. The Morgan fingerprint density at radius 2 is 2.00 bits per heavy atom. The van der Waals surface area contributed by atoms with Crippen molar-refractivity contribution in [3.8, 4) is 0 Å². The van der Waals surface area contributed by atoms with E-state index < -0.39 is 39.8 Å². The van der Waals surface area contributed by atoms with Crippen LogP contribution in [0.2, 0.25) is 0 Å². The van der Waals surface area contributed by atoms with E-state index in [1.807, 2.05) is 0 Å². The first-order valence-corrected chi connectivity index (χ1v) is 10.2. The van der Waals surface area contributed by atoms with Crippen molar-refractivity contribution in [1.29, 1.82) is 0 Å². The van der Waals surface area contributed by atoms with Gasteiger partial charge in [-0.3, -0.25) is 0 Å². The Kier molecular flexibility index (Phi) is 6.36. The first-order valence-electron chi connectivity index (χ1n) is 8.80. The van der Waals surface area contributed by atoms with Gasteiger partial charge in [-0.15, -0.1) is 0 Å². The molecule has 1 aromatic carbocycles. The van der Waals surface area contributed by atoms with Crippen molar-refractivity contribution in [2.45, 2.75) is 29.6 Å². The highest BCUT2D eigenvalue weighted by atomic mass is 32.2. The van der Waals surface area contributed by atoms with Crippen LogP contribution >= 0.6 is 0 Å². The normalized spacial score (nSPS) is 20.6. The zero-order valence-electron chi connectivity index (χ0n) is 15.0. The highest BCUT2D eigenvalue weighted by Gasteiger charge is 2.35. The molecule has 1 aliphatic heterocycles. The maximum absolute atomic E-state index is 13.3. The topological polar surface area (TPSA) is 109 Å². The van der Waals surface area contributed by atoms with E-state index in [0.29, 0.717) is 12.1 Å². The molecule has 0 saturated carbocycles. The second-order valence-electron chi connectivity index (χ2n) is 6.73. The molecule has 28 heavy (non-hydrogen) atoms. The summed E-state index contributed by atoms with van der Waals surface area (Å²) in [5.74, 6) is -1.44. The van der Waals surface area contributed by atoms with Crippen molar-refractivity contribution in [3.63, 3.8) is 0 Å². The Hall–Kier alpha value is -1.98. The van der Waals surface area contributed by atoms with Crippen LogP contribution in [0.15, 0.2) is 47.6 Å². The Bertz CT molecular complexity index is 894. The Morgan fingerprint density at radius 1 is 1.29 bits per heavy atom. The summed E-state index contributed by atoms with van der Waals surface area (Å²) in [7, 11) is -3.79. The van der Waals surface area contributed by atoms with E-state index in [9.17, 15) is 22.3 Å². The van der Waals surface area contributed by atoms with Crippen molar-refractivity contribution in [2.75, 3.05) is 19.6 Å². The number of rotatable bonds is 6. The van der Waals surface area contributed by atoms with Gasteiger partial charge in [0.05, 0.1) is 6.10 Å². The van der Waals surface area contributed by atoms with Crippen LogP contribution in [0.4, 0.5) is 8.78 Å². The number of aliphatic hydroxyl groups excluding tert-OH is 1. The van der Waals surface area contributed by atoms with Gasteiger partial charge in [-0.1, -0.05) is 6.07 Å². The van der Waals surface area contributed by atoms with Gasteiger partial charge in [0.15, 0.2) is 5.03 Å². The molecule has 3 rings (SSSR count). The molecule has 1 aliphatic rings. The van der Waals surface area contributed by atoms with Crippen LogP contribution in [0.1, 0.15) is 5.56 Å². The van der Waals surface area contributed by atoms with E-state index in [1.165, 1.54) is 16.6 Å². The summed E-state index contributed by atoms with van der Waals surface area (Å²) in [4.78, 5) is 3.89. The maximum Gasteiger partial charge on any atom is 0.260 e. The minimum absolute atomic E-state index is 0.00524. The van der Waals surface area contributed by atoms with E-state index >= 15 is 0 Å². The molecule has 1 aromatic heterocycles. The van der Waals surface area contributed by atoms with Gasteiger partial charge in [0, 0.05) is 44.0 Å². The van der Waals surface area contributed by atoms with Gasteiger partial charge in [0.25, 0.3) is 10.0 Å². The average molecular weight is 412 g/mol. The summed E-state index contributed by atoms with van der Waals surface area (Å²) in [5.41, 5.74) is 6.35. The minimum Gasteiger partial charge on any atom is -0.390 e. The number of nitrogens with one attached hydrogen (secondary N) is 1. The van der Waals surface area contributed by atoms with Gasteiger partial charge < -0.3 is 16.2 Å². The van der Waals surface area contributed by atoms with E-state index in [0.717, 1.165) is 18.2 Å². The molecule has 0 bridgehead atoms. The molecule has 0 aliphatic carbocycles. The lowest BCUT2D eigenvalue weighted by atomic mass is 9.96. The van der Waals surface area contributed by atoms with Crippen molar-refractivity contribution >= 4 is 10.0 Å².